The highest BCUT2D eigenvalue weighted by molar-refractivity contribution is 7.80. The molecule has 0 amide bonds. The number of aryl methyl sites for hydroxylation is 1. The summed E-state index contributed by atoms with van der Waals surface area (Å²) < 4.78 is 10.6. The molecule has 5 heteroatoms. The second kappa shape index (κ2) is 9.94. The molecule has 0 unspecified atom stereocenters. The SMILES string of the molecule is COc1ccc(CN(Cc2ccc(C)cc2)C(=S)Nc2cccc(OC)c2)cc1. The predicted molar refractivity (Wildman–Crippen MR) is 123 cm³/mol. The molecule has 4 nitrogen and oxygen atoms in total. The Morgan fingerprint density at radius 2 is 1.41 bits per heavy atom. The number of nitrogens with zero attached hydrogens (tertiary/aromatic N) is 1. The number of anilines is 1. The normalized spacial score (nSPS) is 10.3. The quantitative estimate of drug-likeness (QED) is 0.531. The van der Waals surface area contributed by atoms with E-state index in [1.165, 1.54) is 11.1 Å². The van der Waals surface area contributed by atoms with Crippen LogP contribution in [0, 0.1) is 6.92 Å². The van der Waals surface area contributed by atoms with Gasteiger partial charge in [0.1, 0.15) is 11.5 Å². The smallest absolute Gasteiger partial charge is 0.174 e. The van der Waals surface area contributed by atoms with E-state index in [2.05, 4.69) is 53.5 Å². The molecule has 0 bridgehead atoms. The Kier molecular flexibility index (Phi) is 7.09. The van der Waals surface area contributed by atoms with E-state index in [1.54, 1.807) is 14.2 Å². The molecule has 0 aliphatic rings. The molecule has 0 saturated heterocycles. The standard InChI is InChI=1S/C24H26N2O2S/c1-18-7-9-19(10-8-18)16-26(17-20-11-13-22(27-2)14-12-20)24(29)25-21-5-4-6-23(15-21)28-3/h4-15H,16-17H2,1-3H3,(H,25,29). The van der Waals surface area contributed by atoms with Gasteiger partial charge in [-0.2, -0.15) is 0 Å². The first-order valence-electron chi connectivity index (χ1n) is 9.46. The molecule has 0 aliphatic carbocycles. The van der Waals surface area contributed by atoms with Gasteiger partial charge in [0, 0.05) is 24.8 Å². The first-order chi connectivity index (χ1) is 14.1. The van der Waals surface area contributed by atoms with Gasteiger partial charge in [0.2, 0.25) is 0 Å². The number of ether oxygens (including phenoxy) is 2. The fraction of sp³-hybridized carbons (Fsp3) is 0.208. The maximum absolute atomic E-state index is 5.76. The van der Waals surface area contributed by atoms with Crippen molar-refractivity contribution in [1.82, 2.24) is 4.90 Å². The number of benzene rings is 3. The van der Waals surface area contributed by atoms with Crippen LogP contribution in [0.3, 0.4) is 0 Å². The zero-order valence-electron chi connectivity index (χ0n) is 17.0. The molecule has 1 N–H and O–H groups in total. The molecule has 0 spiro atoms. The van der Waals surface area contributed by atoms with Crippen LogP contribution in [0.5, 0.6) is 11.5 Å². The van der Waals surface area contributed by atoms with Gasteiger partial charge in [-0.3, -0.25) is 0 Å². The largest absolute Gasteiger partial charge is 0.497 e. The van der Waals surface area contributed by atoms with Crippen LogP contribution >= 0.6 is 12.2 Å². The minimum Gasteiger partial charge on any atom is -0.497 e. The molecule has 0 aromatic heterocycles. The summed E-state index contributed by atoms with van der Waals surface area (Å²) in [4.78, 5) is 2.15. The predicted octanol–water partition coefficient (Wildman–Crippen LogP) is 5.41. The van der Waals surface area contributed by atoms with E-state index in [-0.39, 0.29) is 0 Å². The van der Waals surface area contributed by atoms with E-state index in [0.717, 1.165) is 22.7 Å². The molecule has 29 heavy (non-hydrogen) atoms. The van der Waals surface area contributed by atoms with Gasteiger partial charge < -0.3 is 19.7 Å². The van der Waals surface area contributed by atoms with Crippen LogP contribution in [0.2, 0.25) is 0 Å². The minimum atomic E-state index is 0.662. The van der Waals surface area contributed by atoms with Gasteiger partial charge >= 0.3 is 0 Å². The first kappa shape index (κ1) is 20.7. The van der Waals surface area contributed by atoms with Crippen LogP contribution in [-0.4, -0.2) is 24.2 Å². The number of rotatable bonds is 7. The van der Waals surface area contributed by atoms with Crippen LogP contribution in [-0.2, 0) is 13.1 Å². The average Bonchev–Trinajstić information content (AvgIpc) is 2.75. The number of thiocarbonyl (C=S) groups is 1. The Morgan fingerprint density at radius 3 is 2.00 bits per heavy atom. The summed E-state index contributed by atoms with van der Waals surface area (Å²) in [7, 11) is 3.33. The summed E-state index contributed by atoms with van der Waals surface area (Å²) in [6.07, 6.45) is 0. The summed E-state index contributed by atoms with van der Waals surface area (Å²) in [5.41, 5.74) is 4.51. The molecule has 0 atom stereocenters. The summed E-state index contributed by atoms with van der Waals surface area (Å²) in [5, 5.41) is 4.01. The third-order valence-corrected chi connectivity index (χ3v) is 5.00. The zero-order valence-corrected chi connectivity index (χ0v) is 17.8. The van der Waals surface area contributed by atoms with Crippen molar-refractivity contribution in [2.45, 2.75) is 20.0 Å². The van der Waals surface area contributed by atoms with Gasteiger partial charge in [-0.25, -0.2) is 0 Å². The number of nitrogens with one attached hydrogen (secondary N) is 1. The molecule has 3 rings (SSSR count). The van der Waals surface area contributed by atoms with Gasteiger partial charge in [0.15, 0.2) is 5.11 Å². The van der Waals surface area contributed by atoms with E-state index >= 15 is 0 Å². The highest BCUT2D eigenvalue weighted by Gasteiger charge is 2.12. The van der Waals surface area contributed by atoms with Gasteiger partial charge in [-0.05, 0) is 54.5 Å². The minimum absolute atomic E-state index is 0.662. The second-order valence-corrected chi connectivity index (χ2v) is 7.24. The third-order valence-electron chi connectivity index (χ3n) is 4.63. The van der Waals surface area contributed by atoms with Gasteiger partial charge in [-0.15, -0.1) is 0 Å². The van der Waals surface area contributed by atoms with Crippen molar-refractivity contribution in [2.24, 2.45) is 0 Å². The van der Waals surface area contributed by atoms with E-state index in [4.69, 9.17) is 21.7 Å². The molecular formula is C24H26N2O2S. The van der Waals surface area contributed by atoms with E-state index in [0.29, 0.717) is 18.2 Å². The molecule has 150 valence electrons. The van der Waals surface area contributed by atoms with Gasteiger partial charge in [0.05, 0.1) is 14.2 Å². The highest BCUT2D eigenvalue weighted by atomic mass is 32.1. The van der Waals surface area contributed by atoms with Crippen molar-refractivity contribution in [3.63, 3.8) is 0 Å². The van der Waals surface area contributed by atoms with Crippen molar-refractivity contribution in [2.75, 3.05) is 19.5 Å². The highest BCUT2D eigenvalue weighted by Crippen LogP contribution is 2.19. The number of hydrogen-bond donors (Lipinski definition) is 1. The summed E-state index contributed by atoms with van der Waals surface area (Å²) in [6.45, 7) is 3.49. The topological polar surface area (TPSA) is 33.7 Å². The lowest BCUT2D eigenvalue weighted by atomic mass is 10.1. The maximum atomic E-state index is 5.76. The fourth-order valence-electron chi connectivity index (χ4n) is 2.97. The lowest BCUT2D eigenvalue weighted by Gasteiger charge is -2.26. The zero-order chi connectivity index (χ0) is 20.6. The van der Waals surface area contributed by atoms with Crippen LogP contribution in [0.15, 0.2) is 72.8 Å². The van der Waals surface area contributed by atoms with Crippen molar-refractivity contribution >= 4 is 23.0 Å². The van der Waals surface area contributed by atoms with Crippen molar-refractivity contribution in [3.05, 3.63) is 89.5 Å². The van der Waals surface area contributed by atoms with Gasteiger partial charge in [-0.1, -0.05) is 48.0 Å². The lowest BCUT2D eigenvalue weighted by molar-refractivity contribution is 0.407. The molecule has 3 aromatic carbocycles. The van der Waals surface area contributed by atoms with Crippen LogP contribution < -0.4 is 14.8 Å². The molecule has 3 aromatic rings. The Labute approximate surface area is 178 Å². The lowest BCUT2D eigenvalue weighted by Crippen LogP contribution is -2.33. The van der Waals surface area contributed by atoms with Gasteiger partial charge in [0.25, 0.3) is 0 Å². The summed E-state index contributed by atoms with van der Waals surface area (Å²) in [6, 6.07) is 24.4. The van der Waals surface area contributed by atoms with Crippen molar-refractivity contribution in [3.8, 4) is 11.5 Å². The molecule has 0 aliphatic heterocycles. The maximum Gasteiger partial charge on any atom is 0.174 e. The first-order valence-corrected chi connectivity index (χ1v) is 9.86. The number of methoxy groups -OCH3 is 2. The third kappa shape index (κ3) is 5.96. The van der Waals surface area contributed by atoms with Crippen molar-refractivity contribution < 1.29 is 9.47 Å². The van der Waals surface area contributed by atoms with E-state index < -0.39 is 0 Å². The molecule has 0 saturated carbocycles. The van der Waals surface area contributed by atoms with Crippen LogP contribution in [0.1, 0.15) is 16.7 Å². The number of hydrogen-bond acceptors (Lipinski definition) is 3. The van der Waals surface area contributed by atoms with Crippen molar-refractivity contribution in [1.29, 1.82) is 0 Å². The van der Waals surface area contributed by atoms with E-state index in [9.17, 15) is 0 Å². The molecule has 0 fully saturated rings. The van der Waals surface area contributed by atoms with Crippen LogP contribution in [0.4, 0.5) is 5.69 Å². The fourth-order valence-corrected chi connectivity index (χ4v) is 3.22. The van der Waals surface area contributed by atoms with Crippen LogP contribution in [0.25, 0.3) is 0 Å². The molecular weight excluding hydrogens is 380 g/mol. The molecule has 0 radical (unpaired) electrons. The average molecular weight is 407 g/mol. The Bertz CT molecular complexity index is 940. The van der Waals surface area contributed by atoms with E-state index in [1.807, 2.05) is 36.4 Å². The summed E-state index contributed by atoms with van der Waals surface area (Å²) in [5.74, 6) is 1.63. The monoisotopic (exact) mass is 406 g/mol. The second-order valence-electron chi connectivity index (χ2n) is 6.85. The Morgan fingerprint density at radius 1 is 0.828 bits per heavy atom. The Hall–Kier alpha value is -3.05. The molecule has 0 heterocycles. The summed E-state index contributed by atoms with van der Waals surface area (Å²) >= 11 is 5.76. The Balaban J connectivity index is 1.79.